The van der Waals surface area contributed by atoms with Gasteiger partial charge >= 0.3 is 5.63 Å². The van der Waals surface area contributed by atoms with E-state index in [-0.39, 0.29) is 18.2 Å². The Hall–Kier alpha value is -2.14. The molecule has 5 nitrogen and oxygen atoms in total. The van der Waals surface area contributed by atoms with Gasteiger partial charge in [0, 0.05) is 11.9 Å². The molecule has 0 aliphatic carbocycles. The number of benzene rings is 1. The third-order valence-corrected chi connectivity index (χ3v) is 3.12. The van der Waals surface area contributed by atoms with Crippen molar-refractivity contribution in [1.29, 1.82) is 0 Å². The molecule has 2 heterocycles. The summed E-state index contributed by atoms with van der Waals surface area (Å²) in [6.07, 6.45) is 0.782. The van der Waals surface area contributed by atoms with Crippen molar-refractivity contribution in [2.75, 3.05) is 19.9 Å². The summed E-state index contributed by atoms with van der Waals surface area (Å²) in [5.41, 5.74) is -0.0579. The molecule has 19 heavy (non-hydrogen) atoms. The molecule has 0 spiro atoms. The summed E-state index contributed by atoms with van der Waals surface area (Å²) in [6, 6.07) is 8.71. The van der Waals surface area contributed by atoms with E-state index in [2.05, 4.69) is 0 Å². The van der Waals surface area contributed by atoms with Gasteiger partial charge < -0.3 is 14.1 Å². The van der Waals surface area contributed by atoms with Gasteiger partial charge in [-0.1, -0.05) is 18.2 Å². The minimum atomic E-state index is -0.603. The van der Waals surface area contributed by atoms with E-state index in [1.54, 1.807) is 18.2 Å². The van der Waals surface area contributed by atoms with Crippen LogP contribution < -0.4 is 5.63 Å². The van der Waals surface area contributed by atoms with E-state index in [0.717, 1.165) is 11.8 Å². The van der Waals surface area contributed by atoms with Gasteiger partial charge in [-0.2, -0.15) is 0 Å². The normalized spacial score (nSPS) is 15.7. The number of carbonyl (C=O) groups excluding carboxylic acids is 1. The number of hydrogen-bond acceptors (Lipinski definition) is 4. The van der Waals surface area contributed by atoms with Crippen LogP contribution >= 0.6 is 0 Å². The van der Waals surface area contributed by atoms with E-state index in [0.29, 0.717) is 18.7 Å². The van der Waals surface area contributed by atoms with Crippen LogP contribution in [-0.4, -0.2) is 30.7 Å². The van der Waals surface area contributed by atoms with Crippen LogP contribution in [0.1, 0.15) is 16.8 Å². The summed E-state index contributed by atoms with van der Waals surface area (Å²) in [4.78, 5) is 25.6. The topological polar surface area (TPSA) is 59.8 Å². The zero-order valence-corrected chi connectivity index (χ0v) is 10.3. The third-order valence-electron chi connectivity index (χ3n) is 3.12. The van der Waals surface area contributed by atoms with Crippen LogP contribution in [0.3, 0.4) is 0 Å². The number of ether oxygens (including phenoxy) is 1. The fourth-order valence-corrected chi connectivity index (χ4v) is 2.14. The molecule has 1 amide bonds. The van der Waals surface area contributed by atoms with Gasteiger partial charge in [-0.05, 0) is 18.6 Å². The highest BCUT2D eigenvalue weighted by molar-refractivity contribution is 5.96. The van der Waals surface area contributed by atoms with Gasteiger partial charge in [-0.3, -0.25) is 4.79 Å². The van der Waals surface area contributed by atoms with Crippen molar-refractivity contribution in [2.45, 2.75) is 6.42 Å². The summed E-state index contributed by atoms with van der Waals surface area (Å²) in [5, 5.41) is 0.739. The highest BCUT2D eigenvalue weighted by Crippen LogP contribution is 2.14. The zero-order valence-electron chi connectivity index (χ0n) is 10.3. The van der Waals surface area contributed by atoms with Crippen LogP contribution in [0, 0.1) is 0 Å². The Morgan fingerprint density at radius 3 is 2.89 bits per heavy atom. The molecule has 1 aliphatic heterocycles. The van der Waals surface area contributed by atoms with E-state index in [9.17, 15) is 9.59 Å². The Bertz CT molecular complexity index is 670. The molecule has 0 radical (unpaired) electrons. The van der Waals surface area contributed by atoms with E-state index in [4.69, 9.17) is 9.15 Å². The lowest BCUT2D eigenvalue weighted by Gasteiger charge is -2.26. The number of amides is 1. The number of nitrogens with zero attached hydrogens (tertiary/aromatic N) is 1. The second kappa shape index (κ2) is 4.85. The lowest BCUT2D eigenvalue weighted by atomic mass is 10.1. The molecule has 2 aromatic rings. The van der Waals surface area contributed by atoms with Crippen molar-refractivity contribution < 1.29 is 13.9 Å². The molecule has 1 saturated heterocycles. The molecule has 0 unspecified atom stereocenters. The molecule has 1 aliphatic rings. The first-order valence-corrected chi connectivity index (χ1v) is 6.15. The number of fused-ring (bicyclic) bond motifs is 1. The molecule has 0 bridgehead atoms. The Balaban J connectivity index is 2.01. The van der Waals surface area contributed by atoms with Gasteiger partial charge in [0.2, 0.25) is 0 Å². The molecule has 3 rings (SSSR count). The fourth-order valence-electron chi connectivity index (χ4n) is 2.14. The summed E-state index contributed by atoms with van der Waals surface area (Å²) < 4.78 is 10.4. The first-order valence-electron chi connectivity index (χ1n) is 6.15. The number of rotatable bonds is 1. The highest BCUT2D eigenvalue weighted by Gasteiger charge is 2.22. The molecular formula is C14H13NO4. The van der Waals surface area contributed by atoms with Crippen molar-refractivity contribution in [2.24, 2.45) is 0 Å². The van der Waals surface area contributed by atoms with Crippen molar-refractivity contribution in [3.63, 3.8) is 0 Å². The predicted molar refractivity (Wildman–Crippen MR) is 69.0 cm³/mol. The monoisotopic (exact) mass is 259 g/mol. The van der Waals surface area contributed by atoms with Crippen LogP contribution in [0.2, 0.25) is 0 Å². The quantitative estimate of drug-likeness (QED) is 0.730. The van der Waals surface area contributed by atoms with Crippen LogP contribution in [0.4, 0.5) is 0 Å². The summed E-state index contributed by atoms with van der Waals surface area (Å²) in [7, 11) is 0. The maximum absolute atomic E-state index is 12.3. The average Bonchev–Trinajstić information content (AvgIpc) is 2.47. The maximum atomic E-state index is 12.3. The molecule has 5 heteroatoms. The lowest BCUT2D eigenvalue weighted by Crippen LogP contribution is -2.40. The average molecular weight is 259 g/mol. The second-order valence-corrected chi connectivity index (χ2v) is 4.44. The Kier molecular flexibility index (Phi) is 3.05. The fraction of sp³-hybridized carbons (Fsp3) is 0.286. The first kappa shape index (κ1) is 11.9. The van der Waals surface area contributed by atoms with Crippen molar-refractivity contribution in [3.05, 3.63) is 46.3 Å². The van der Waals surface area contributed by atoms with E-state index >= 15 is 0 Å². The SMILES string of the molecule is O=C(c1cc2ccccc2oc1=O)N1CCCOC1. The first-order chi connectivity index (χ1) is 9.25. The van der Waals surface area contributed by atoms with Crippen LogP contribution in [-0.2, 0) is 4.74 Å². The van der Waals surface area contributed by atoms with Gasteiger partial charge in [0.05, 0.1) is 6.61 Å². The second-order valence-electron chi connectivity index (χ2n) is 4.44. The smallest absolute Gasteiger partial charge is 0.349 e. The minimum absolute atomic E-state index is 0.0594. The molecule has 1 fully saturated rings. The Labute approximate surface area is 109 Å². The maximum Gasteiger partial charge on any atom is 0.349 e. The largest absolute Gasteiger partial charge is 0.422 e. The van der Waals surface area contributed by atoms with Gasteiger partial charge in [0.1, 0.15) is 17.9 Å². The van der Waals surface area contributed by atoms with Crippen molar-refractivity contribution >= 4 is 16.9 Å². The van der Waals surface area contributed by atoms with Gasteiger partial charge in [-0.15, -0.1) is 0 Å². The lowest BCUT2D eigenvalue weighted by molar-refractivity contribution is -0.00591. The van der Waals surface area contributed by atoms with E-state index < -0.39 is 5.63 Å². The van der Waals surface area contributed by atoms with E-state index in [1.165, 1.54) is 4.90 Å². The highest BCUT2D eigenvalue weighted by atomic mass is 16.5. The molecule has 0 N–H and O–H groups in total. The van der Waals surface area contributed by atoms with E-state index in [1.807, 2.05) is 12.1 Å². The van der Waals surface area contributed by atoms with Crippen molar-refractivity contribution in [3.8, 4) is 0 Å². The Morgan fingerprint density at radius 2 is 2.11 bits per heavy atom. The standard InChI is InChI=1S/C14H13NO4/c16-13(15-6-3-7-18-9-15)11-8-10-4-1-2-5-12(10)19-14(11)17/h1-2,4-5,8H,3,6-7,9H2. The minimum Gasteiger partial charge on any atom is -0.422 e. The summed E-state index contributed by atoms with van der Waals surface area (Å²) >= 11 is 0. The molecule has 0 saturated carbocycles. The summed E-state index contributed by atoms with van der Waals surface area (Å²) in [5.74, 6) is -0.334. The van der Waals surface area contributed by atoms with Crippen LogP contribution in [0.25, 0.3) is 11.0 Å². The summed E-state index contributed by atoms with van der Waals surface area (Å²) in [6.45, 7) is 1.48. The molecular weight excluding hydrogens is 246 g/mol. The molecule has 98 valence electrons. The molecule has 1 aromatic heterocycles. The van der Waals surface area contributed by atoms with Gasteiger partial charge in [0.15, 0.2) is 0 Å². The van der Waals surface area contributed by atoms with Gasteiger partial charge in [-0.25, -0.2) is 4.79 Å². The van der Waals surface area contributed by atoms with Gasteiger partial charge in [0.25, 0.3) is 5.91 Å². The predicted octanol–water partition coefficient (Wildman–Crippen LogP) is 1.61. The Morgan fingerprint density at radius 1 is 1.26 bits per heavy atom. The van der Waals surface area contributed by atoms with Crippen molar-refractivity contribution in [1.82, 2.24) is 4.90 Å². The number of carbonyl (C=O) groups is 1. The number of hydrogen-bond donors (Lipinski definition) is 0. The zero-order chi connectivity index (χ0) is 13.2. The third kappa shape index (κ3) is 2.24. The number of para-hydroxylation sites is 1. The van der Waals surface area contributed by atoms with Crippen LogP contribution in [0.5, 0.6) is 0 Å². The molecule has 1 aromatic carbocycles. The molecule has 0 atom stereocenters. The van der Waals surface area contributed by atoms with Crippen LogP contribution in [0.15, 0.2) is 39.5 Å².